The van der Waals surface area contributed by atoms with E-state index >= 15 is 0 Å². The molecule has 1 aromatic carbocycles. The van der Waals surface area contributed by atoms with E-state index in [9.17, 15) is 32.3 Å². The van der Waals surface area contributed by atoms with E-state index in [-0.39, 0.29) is 0 Å². The molecule has 0 aromatic heterocycles. The minimum absolute atomic E-state index is 0.472. The number of alkyl halides is 3. The Morgan fingerprint density at radius 1 is 1.29 bits per heavy atom. The van der Waals surface area contributed by atoms with Gasteiger partial charge >= 0.3 is 12.1 Å². The van der Waals surface area contributed by atoms with Crippen molar-refractivity contribution in [3.63, 3.8) is 0 Å². The summed E-state index contributed by atoms with van der Waals surface area (Å²) in [4.78, 5) is 22.2. The third-order valence-corrected chi connectivity index (χ3v) is 2.60. The van der Waals surface area contributed by atoms with Crippen LogP contribution in [0.1, 0.15) is 22.8 Å². The Morgan fingerprint density at radius 3 is 2.33 bits per heavy atom. The van der Waals surface area contributed by atoms with E-state index in [4.69, 9.17) is 5.11 Å². The fraction of sp³-hybridized carbons (Fsp3) is 0.333. The van der Waals surface area contributed by atoms with E-state index in [2.05, 4.69) is 0 Å². The average Bonchev–Trinajstić information content (AvgIpc) is 2.34. The fourth-order valence-corrected chi connectivity index (χ4v) is 1.35. The van der Waals surface area contributed by atoms with Crippen LogP contribution in [0.3, 0.4) is 0 Å². The Kier molecular flexibility index (Phi) is 4.57. The van der Waals surface area contributed by atoms with Gasteiger partial charge in [0, 0.05) is 0 Å². The molecule has 1 aromatic rings. The molecule has 21 heavy (non-hydrogen) atoms. The predicted octanol–water partition coefficient (Wildman–Crippen LogP) is 1.41. The number of aliphatic hydroxyl groups is 1. The molecule has 0 saturated heterocycles. The normalized spacial score (nSPS) is 14.4. The second-order valence-corrected chi connectivity index (χ2v) is 4.43. The number of carboxylic acid groups (broad SMARTS) is 1. The molecule has 1 unspecified atom stereocenters. The highest BCUT2D eigenvalue weighted by atomic mass is 19.4. The molecule has 0 aliphatic carbocycles. The zero-order chi connectivity index (χ0) is 16.4. The van der Waals surface area contributed by atoms with E-state index in [1.807, 2.05) is 5.32 Å². The first-order valence-electron chi connectivity index (χ1n) is 5.56. The van der Waals surface area contributed by atoms with E-state index in [0.717, 1.165) is 19.1 Å². The summed E-state index contributed by atoms with van der Waals surface area (Å²) in [5.74, 6) is -4.68. The van der Waals surface area contributed by atoms with Gasteiger partial charge in [0.2, 0.25) is 0 Å². The number of hydrogen-bond donors (Lipinski definition) is 3. The van der Waals surface area contributed by atoms with Gasteiger partial charge < -0.3 is 15.5 Å². The fourth-order valence-electron chi connectivity index (χ4n) is 1.35. The number of benzene rings is 1. The summed E-state index contributed by atoms with van der Waals surface area (Å²) >= 11 is 0. The topological polar surface area (TPSA) is 86.6 Å². The van der Waals surface area contributed by atoms with Gasteiger partial charge in [-0.25, -0.2) is 9.18 Å². The van der Waals surface area contributed by atoms with Crippen LogP contribution in [0.2, 0.25) is 0 Å². The van der Waals surface area contributed by atoms with Crippen molar-refractivity contribution in [3.8, 4) is 0 Å². The van der Waals surface area contributed by atoms with Crippen molar-refractivity contribution in [2.45, 2.75) is 18.7 Å². The standard InChI is InChI=1S/C12H11F4NO4/c1-11(21,10(19)20)5-17-9(18)6-3-2-4-7(8(6)13)12(14,15)16/h2-4,21H,5H2,1H3,(H,17,18)(H,19,20). The Bertz CT molecular complexity index is 569. The van der Waals surface area contributed by atoms with Gasteiger partial charge in [-0.3, -0.25) is 4.79 Å². The minimum Gasteiger partial charge on any atom is -0.479 e. The Balaban J connectivity index is 2.97. The van der Waals surface area contributed by atoms with Gasteiger partial charge in [0.15, 0.2) is 5.60 Å². The molecule has 0 bridgehead atoms. The molecule has 1 amide bonds. The molecule has 0 fully saturated rings. The number of carbonyl (C=O) groups is 2. The first-order chi connectivity index (χ1) is 9.47. The third kappa shape index (κ3) is 3.91. The van der Waals surface area contributed by atoms with Gasteiger partial charge in [-0.2, -0.15) is 13.2 Å². The molecule has 0 saturated carbocycles. The van der Waals surface area contributed by atoms with Gasteiger partial charge in [-0.1, -0.05) is 6.07 Å². The number of hydrogen-bond acceptors (Lipinski definition) is 3. The molecule has 0 aliphatic heterocycles. The highest BCUT2D eigenvalue weighted by Crippen LogP contribution is 2.32. The quantitative estimate of drug-likeness (QED) is 0.734. The lowest BCUT2D eigenvalue weighted by Crippen LogP contribution is -2.46. The van der Waals surface area contributed by atoms with Crippen LogP contribution in [0, 0.1) is 5.82 Å². The minimum atomic E-state index is -4.97. The number of aliphatic carboxylic acids is 1. The van der Waals surface area contributed by atoms with Crippen molar-refractivity contribution >= 4 is 11.9 Å². The maximum absolute atomic E-state index is 13.6. The number of nitrogens with one attached hydrogen (secondary N) is 1. The smallest absolute Gasteiger partial charge is 0.419 e. The van der Waals surface area contributed by atoms with Crippen LogP contribution in [-0.4, -0.2) is 34.2 Å². The van der Waals surface area contributed by atoms with Crippen molar-refractivity contribution < 1.29 is 37.4 Å². The summed E-state index contributed by atoms with van der Waals surface area (Å²) in [6, 6.07) is 2.13. The summed E-state index contributed by atoms with van der Waals surface area (Å²) in [5.41, 5.74) is -4.83. The zero-order valence-electron chi connectivity index (χ0n) is 10.7. The van der Waals surface area contributed by atoms with Gasteiger partial charge in [0.25, 0.3) is 5.91 Å². The SMILES string of the molecule is CC(O)(CNC(=O)c1cccc(C(F)(F)F)c1F)C(=O)O. The van der Waals surface area contributed by atoms with Crippen LogP contribution in [0.5, 0.6) is 0 Å². The van der Waals surface area contributed by atoms with Crippen LogP contribution >= 0.6 is 0 Å². The van der Waals surface area contributed by atoms with Crippen LogP contribution in [0.25, 0.3) is 0 Å². The second kappa shape index (κ2) is 5.68. The summed E-state index contributed by atoms with van der Waals surface area (Å²) < 4.78 is 51.1. The van der Waals surface area contributed by atoms with Crippen LogP contribution in [-0.2, 0) is 11.0 Å². The lowest BCUT2D eigenvalue weighted by Gasteiger charge is -2.18. The number of carbonyl (C=O) groups excluding carboxylic acids is 1. The first-order valence-corrected chi connectivity index (χ1v) is 5.56. The number of carboxylic acids is 1. The predicted molar refractivity (Wildman–Crippen MR) is 62.0 cm³/mol. The Morgan fingerprint density at radius 2 is 1.86 bits per heavy atom. The summed E-state index contributed by atoms with van der Waals surface area (Å²) in [5, 5.41) is 19.8. The molecule has 3 N–H and O–H groups in total. The molecule has 1 atom stereocenters. The lowest BCUT2D eigenvalue weighted by molar-refractivity contribution is -0.155. The molecule has 9 heteroatoms. The van der Waals surface area contributed by atoms with Gasteiger partial charge in [0.05, 0.1) is 17.7 Å². The van der Waals surface area contributed by atoms with E-state index in [0.29, 0.717) is 6.07 Å². The molecular weight excluding hydrogens is 298 g/mol. The van der Waals surface area contributed by atoms with Crippen molar-refractivity contribution in [1.82, 2.24) is 5.32 Å². The molecule has 1 rings (SSSR count). The number of amides is 1. The maximum Gasteiger partial charge on any atom is 0.419 e. The molecule has 116 valence electrons. The highest BCUT2D eigenvalue weighted by molar-refractivity contribution is 5.95. The van der Waals surface area contributed by atoms with Crippen molar-refractivity contribution in [3.05, 3.63) is 35.1 Å². The highest BCUT2D eigenvalue weighted by Gasteiger charge is 2.36. The maximum atomic E-state index is 13.6. The largest absolute Gasteiger partial charge is 0.479 e. The zero-order valence-corrected chi connectivity index (χ0v) is 10.7. The van der Waals surface area contributed by atoms with Crippen LogP contribution in [0.4, 0.5) is 17.6 Å². The number of halogens is 4. The number of rotatable bonds is 4. The molecular formula is C12H11F4NO4. The van der Waals surface area contributed by atoms with E-state index in [1.54, 1.807) is 0 Å². The molecule has 0 spiro atoms. The van der Waals surface area contributed by atoms with Crippen molar-refractivity contribution in [2.24, 2.45) is 0 Å². The third-order valence-electron chi connectivity index (χ3n) is 2.60. The molecule has 5 nitrogen and oxygen atoms in total. The molecule has 0 heterocycles. The van der Waals surface area contributed by atoms with Gasteiger partial charge in [0.1, 0.15) is 5.82 Å². The Labute approximate surface area is 116 Å². The second-order valence-electron chi connectivity index (χ2n) is 4.43. The summed E-state index contributed by atoms with van der Waals surface area (Å²) in [7, 11) is 0. The Hall–Kier alpha value is -2.16. The van der Waals surface area contributed by atoms with Gasteiger partial charge in [-0.15, -0.1) is 0 Å². The summed E-state index contributed by atoms with van der Waals surface area (Å²) in [6.07, 6.45) is -4.97. The molecule has 0 aliphatic rings. The van der Waals surface area contributed by atoms with Crippen molar-refractivity contribution in [2.75, 3.05) is 6.54 Å². The van der Waals surface area contributed by atoms with E-state index < -0.39 is 47.1 Å². The first kappa shape index (κ1) is 16.9. The monoisotopic (exact) mass is 309 g/mol. The summed E-state index contributed by atoms with van der Waals surface area (Å²) in [6.45, 7) is 0.0783. The van der Waals surface area contributed by atoms with Crippen LogP contribution < -0.4 is 5.32 Å². The van der Waals surface area contributed by atoms with E-state index in [1.165, 1.54) is 0 Å². The molecule has 0 radical (unpaired) electrons. The van der Waals surface area contributed by atoms with Crippen molar-refractivity contribution in [1.29, 1.82) is 0 Å². The van der Waals surface area contributed by atoms with Crippen LogP contribution in [0.15, 0.2) is 18.2 Å². The average molecular weight is 309 g/mol. The van der Waals surface area contributed by atoms with Gasteiger partial charge in [-0.05, 0) is 19.1 Å². The lowest BCUT2D eigenvalue weighted by atomic mass is 10.1.